The van der Waals surface area contributed by atoms with E-state index < -0.39 is 11.4 Å². The number of rotatable bonds is 8. The monoisotopic (exact) mass is 421 g/mol. The smallest absolute Gasteiger partial charge is 0.309 e. The van der Waals surface area contributed by atoms with Crippen molar-refractivity contribution in [3.8, 4) is 11.1 Å². The van der Waals surface area contributed by atoms with E-state index in [1.165, 1.54) is 0 Å². The number of carbonyl (C=O) groups is 3. The highest BCUT2D eigenvalue weighted by Gasteiger charge is 2.30. The van der Waals surface area contributed by atoms with Crippen LogP contribution in [0.4, 0.5) is 5.69 Å². The van der Waals surface area contributed by atoms with Gasteiger partial charge in [-0.05, 0) is 48.6 Å². The third-order valence-electron chi connectivity index (χ3n) is 4.81. The lowest BCUT2D eigenvalue weighted by Gasteiger charge is -2.17. The van der Waals surface area contributed by atoms with Gasteiger partial charge in [0.1, 0.15) is 0 Å². The van der Waals surface area contributed by atoms with Gasteiger partial charge in [-0.15, -0.1) is 11.3 Å². The minimum Gasteiger partial charge on any atom is -0.481 e. The van der Waals surface area contributed by atoms with Crippen LogP contribution in [0, 0.1) is 5.41 Å². The van der Waals surface area contributed by atoms with Gasteiger partial charge in [0.05, 0.1) is 11.8 Å². The lowest BCUT2D eigenvalue weighted by molar-refractivity contribution is -0.146. The minimum absolute atomic E-state index is 0.0540. The fourth-order valence-corrected chi connectivity index (χ4v) is 3.65. The lowest BCUT2D eigenvalue weighted by atomic mass is 9.85. The molecular weight excluding hydrogens is 398 g/mol. The number of anilines is 1. The molecule has 0 saturated carbocycles. The maximum atomic E-state index is 12.4. The predicted octanol–water partition coefficient (Wildman–Crippen LogP) is 5.28. The maximum absolute atomic E-state index is 12.4. The van der Waals surface area contributed by atoms with Crippen LogP contribution >= 0.6 is 11.3 Å². The fourth-order valence-electron chi connectivity index (χ4n) is 2.95. The third-order valence-corrected chi connectivity index (χ3v) is 5.68. The second kappa shape index (κ2) is 9.05. The number of Topliss-reactive ketones (excluding diaryl/α,β-unsaturated/α-hetero) is 1. The Kier molecular flexibility index (Phi) is 6.47. The van der Waals surface area contributed by atoms with Crippen LogP contribution in [0.15, 0.2) is 66.0 Å². The van der Waals surface area contributed by atoms with Crippen molar-refractivity contribution in [1.82, 2.24) is 0 Å². The quantitative estimate of drug-likeness (QED) is 0.485. The summed E-state index contributed by atoms with van der Waals surface area (Å²) in [6, 6.07) is 18.5. The van der Waals surface area contributed by atoms with Gasteiger partial charge < -0.3 is 10.4 Å². The molecule has 0 aliphatic carbocycles. The standard InChI is InChI=1S/C24H23NO4S/c1-24(2,23(28)29)15-21(26)18-7-5-16(6-8-18)17-9-11-19(12-10-17)25-22(27)14-20-4-3-13-30-20/h3-13H,14-15H2,1-2H3,(H,25,27)(H,28,29). The first-order chi connectivity index (χ1) is 14.2. The number of amides is 1. The molecule has 0 fully saturated rings. The maximum Gasteiger partial charge on any atom is 0.309 e. The Labute approximate surface area is 179 Å². The summed E-state index contributed by atoms with van der Waals surface area (Å²) in [4.78, 5) is 36.7. The fraction of sp³-hybridized carbons (Fsp3) is 0.208. The molecule has 0 saturated heterocycles. The molecule has 154 valence electrons. The summed E-state index contributed by atoms with van der Waals surface area (Å²) in [5.74, 6) is -1.25. The molecule has 3 rings (SSSR count). The van der Waals surface area contributed by atoms with Crippen LogP contribution in [-0.4, -0.2) is 22.8 Å². The van der Waals surface area contributed by atoms with Crippen LogP contribution < -0.4 is 5.32 Å². The van der Waals surface area contributed by atoms with Gasteiger partial charge in [0, 0.05) is 22.5 Å². The second-order valence-corrected chi connectivity index (χ2v) is 8.78. The molecule has 0 unspecified atom stereocenters. The molecule has 0 bridgehead atoms. The highest BCUT2D eigenvalue weighted by Crippen LogP contribution is 2.26. The van der Waals surface area contributed by atoms with Gasteiger partial charge in [-0.2, -0.15) is 0 Å². The van der Waals surface area contributed by atoms with Gasteiger partial charge in [-0.1, -0.05) is 42.5 Å². The summed E-state index contributed by atoms with van der Waals surface area (Å²) < 4.78 is 0. The van der Waals surface area contributed by atoms with Crippen LogP contribution in [0.2, 0.25) is 0 Å². The second-order valence-electron chi connectivity index (χ2n) is 7.75. The molecule has 30 heavy (non-hydrogen) atoms. The molecule has 6 heteroatoms. The molecule has 1 heterocycles. The molecule has 0 spiro atoms. The molecule has 0 radical (unpaired) electrons. The molecule has 2 N–H and O–H groups in total. The lowest BCUT2D eigenvalue weighted by Crippen LogP contribution is -2.26. The van der Waals surface area contributed by atoms with Crippen molar-refractivity contribution in [3.63, 3.8) is 0 Å². The van der Waals surface area contributed by atoms with Gasteiger partial charge in [0.25, 0.3) is 0 Å². The van der Waals surface area contributed by atoms with Crippen LogP contribution in [0.25, 0.3) is 11.1 Å². The zero-order chi connectivity index (χ0) is 21.7. The van der Waals surface area contributed by atoms with E-state index in [4.69, 9.17) is 0 Å². The van der Waals surface area contributed by atoms with Crippen LogP contribution in [0.3, 0.4) is 0 Å². The van der Waals surface area contributed by atoms with Crippen LogP contribution in [0.1, 0.15) is 35.5 Å². The molecule has 5 nitrogen and oxygen atoms in total. The molecule has 0 aliphatic heterocycles. The first-order valence-electron chi connectivity index (χ1n) is 9.54. The van der Waals surface area contributed by atoms with Gasteiger partial charge in [0.2, 0.25) is 5.91 Å². The number of nitrogens with one attached hydrogen (secondary N) is 1. The third kappa shape index (κ3) is 5.42. The number of thiophene rings is 1. The Hall–Kier alpha value is -3.25. The van der Waals surface area contributed by atoms with E-state index in [0.29, 0.717) is 12.0 Å². The Morgan fingerprint density at radius 2 is 1.53 bits per heavy atom. The number of aliphatic carboxylic acids is 1. The number of ketones is 1. The number of carbonyl (C=O) groups excluding carboxylic acids is 2. The summed E-state index contributed by atoms with van der Waals surface area (Å²) in [6.45, 7) is 3.09. The van der Waals surface area contributed by atoms with Gasteiger partial charge >= 0.3 is 5.97 Å². The van der Waals surface area contributed by atoms with E-state index in [2.05, 4.69) is 5.32 Å². The van der Waals surface area contributed by atoms with Crippen molar-refractivity contribution < 1.29 is 19.5 Å². The SMILES string of the molecule is CC(C)(CC(=O)c1ccc(-c2ccc(NC(=O)Cc3cccs3)cc2)cc1)C(=O)O. The largest absolute Gasteiger partial charge is 0.481 e. The van der Waals surface area contributed by atoms with E-state index in [9.17, 15) is 19.5 Å². The molecule has 3 aromatic rings. The zero-order valence-corrected chi connectivity index (χ0v) is 17.7. The van der Waals surface area contributed by atoms with Crippen molar-refractivity contribution in [2.45, 2.75) is 26.7 Å². The highest BCUT2D eigenvalue weighted by molar-refractivity contribution is 7.10. The Bertz CT molecular complexity index is 1040. The van der Waals surface area contributed by atoms with E-state index in [0.717, 1.165) is 21.7 Å². The zero-order valence-electron chi connectivity index (χ0n) is 16.8. The minimum atomic E-state index is -1.10. The topological polar surface area (TPSA) is 83.5 Å². The average Bonchev–Trinajstić information content (AvgIpc) is 3.21. The Morgan fingerprint density at radius 1 is 0.933 bits per heavy atom. The van der Waals surface area contributed by atoms with Crippen molar-refractivity contribution in [2.75, 3.05) is 5.32 Å². The highest BCUT2D eigenvalue weighted by atomic mass is 32.1. The van der Waals surface area contributed by atoms with Crippen molar-refractivity contribution in [2.24, 2.45) is 5.41 Å². The Morgan fingerprint density at radius 3 is 2.07 bits per heavy atom. The van der Waals surface area contributed by atoms with E-state index in [1.54, 1.807) is 37.3 Å². The van der Waals surface area contributed by atoms with Crippen molar-refractivity contribution in [3.05, 3.63) is 76.5 Å². The molecule has 2 aromatic carbocycles. The van der Waals surface area contributed by atoms with E-state index in [1.807, 2.05) is 53.9 Å². The van der Waals surface area contributed by atoms with E-state index in [-0.39, 0.29) is 18.1 Å². The Balaban J connectivity index is 1.63. The first-order valence-corrected chi connectivity index (χ1v) is 10.4. The molecule has 1 amide bonds. The van der Waals surface area contributed by atoms with Crippen molar-refractivity contribution >= 4 is 34.7 Å². The van der Waals surface area contributed by atoms with Crippen LogP contribution in [-0.2, 0) is 16.0 Å². The summed E-state index contributed by atoms with van der Waals surface area (Å²) in [7, 11) is 0. The van der Waals surface area contributed by atoms with Gasteiger partial charge in [-0.25, -0.2) is 0 Å². The predicted molar refractivity (Wildman–Crippen MR) is 119 cm³/mol. The number of benzene rings is 2. The van der Waals surface area contributed by atoms with Crippen molar-refractivity contribution in [1.29, 1.82) is 0 Å². The van der Waals surface area contributed by atoms with Crippen LogP contribution in [0.5, 0.6) is 0 Å². The number of hydrogen-bond acceptors (Lipinski definition) is 4. The normalized spacial score (nSPS) is 11.1. The summed E-state index contributed by atoms with van der Waals surface area (Å²) in [5, 5.41) is 14.0. The number of hydrogen-bond donors (Lipinski definition) is 2. The summed E-state index contributed by atoms with van der Waals surface area (Å²) in [6.07, 6.45) is 0.301. The molecule has 0 atom stereocenters. The number of carboxylic acid groups (broad SMARTS) is 1. The summed E-state index contributed by atoms with van der Waals surface area (Å²) >= 11 is 1.55. The molecule has 0 aliphatic rings. The average molecular weight is 422 g/mol. The number of carboxylic acids is 1. The van der Waals surface area contributed by atoms with E-state index >= 15 is 0 Å². The first kappa shape index (κ1) is 21.5. The van der Waals surface area contributed by atoms with Gasteiger partial charge in [-0.3, -0.25) is 14.4 Å². The summed E-state index contributed by atoms with van der Waals surface area (Å²) in [5.41, 5.74) is 2.00. The molecule has 1 aromatic heterocycles. The van der Waals surface area contributed by atoms with Gasteiger partial charge in [0.15, 0.2) is 5.78 Å². The molecular formula is C24H23NO4S.